The van der Waals surface area contributed by atoms with Gasteiger partial charge in [-0.15, -0.1) is 0 Å². The number of nitrogens with zero attached hydrogens (tertiary/aromatic N) is 3. The van der Waals surface area contributed by atoms with Gasteiger partial charge in [-0.05, 0) is 19.1 Å². The first-order valence-corrected chi connectivity index (χ1v) is 8.32. The molecule has 3 heterocycles. The Kier molecular flexibility index (Phi) is 4.12. The monoisotopic (exact) mass is 376 g/mol. The molecular weight excluding hydrogens is 363 g/mol. The van der Waals surface area contributed by atoms with Crippen LogP contribution in [0.2, 0.25) is 5.02 Å². The first kappa shape index (κ1) is 16.6. The molecule has 2 bridgehead atoms. The minimum atomic E-state index is -0.626. The second-order valence-electron chi connectivity index (χ2n) is 5.73. The normalized spacial score (nSPS) is 17.3. The largest absolute Gasteiger partial charge is 0.491 e. The summed E-state index contributed by atoms with van der Waals surface area (Å²) >= 11 is 6.14. The predicted octanol–water partition coefficient (Wildman–Crippen LogP) is 2.78. The predicted molar refractivity (Wildman–Crippen MR) is 91.3 cm³/mol. The van der Waals surface area contributed by atoms with Crippen molar-refractivity contribution in [2.24, 2.45) is 0 Å². The Bertz CT molecular complexity index is 1010. The summed E-state index contributed by atoms with van der Waals surface area (Å²) in [4.78, 5) is 16.7. The molecule has 0 unspecified atom stereocenters. The highest BCUT2D eigenvalue weighted by Crippen LogP contribution is 2.36. The van der Waals surface area contributed by atoms with E-state index >= 15 is 0 Å². The smallest absolute Gasteiger partial charge is 0.256 e. The van der Waals surface area contributed by atoms with Crippen molar-refractivity contribution in [1.29, 1.82) is 0 Å². The molecule has 1 aliphatic heterocycles. The molecule has 0 radical (unpaired) electrons. The van der Waals surface area contributed by atoms with Gasteiger partial charge in [0.25, 0.3) is 5.91 Å². The van der Waals surface area contributed by atoms with Crippen LogP contribution >= 0.6 is 11.6 Å². The maximum Gasteiger partial charge on any atom is 0.256 e. The molecule has 0 saturated carbocycles. The van der Waals surface area contributed by atoms with Crippen LogP contribution in [0.1, 0.15) is 28.9 Å². The molecule has 26 heavy (non-hydrogen) atoms. The van der Waals surface area contributed by atoms with Crippen molar-refractivity contribution < 1.29 is 18.7 Å². The third-order valence-electron chi connectivity index (χ3n) is 4.03. The zero-order valence-electron chi connectivity index (χ0n) is 13.7. The van der Waals surface area contributed by atoms with E-state index in [9.17, 15) is 9.18 Å². The number of rotatable bonds is 0. The molecule has 1 aromatic carbocycles. The van der Waals surface area contributed by atoms with E-state index in [1.165, 1.54) is 22.8 Å². The molecule has 0 fully saturated rings. The lowest BCUT2D eigenvalue weighted by molar-refractivity contribution is 0.0948. The quantitative estimate of drug-likeness (QED) is 0.652. The molecule has 1 N–H and O–H groups in total. The topological polar surface area (TPSA) is 77.8 Å². The Morgan fingerprint density at radius 3 is 3.08 bits per heavy atom. The van der Waals surface area contributed by atoms with Crippen LogP contribution < -0.4 is 14.8 Å². The number of ether oxygens (including phenoxy) is 2. The first-order chi connectivity index (χ1) is 12.5. The SMILES string of the molecule is C[C@H]1Oc2ccn3ncc(c3n2)C(=O)NCCOc2ccc(F)c(Cl)c21. The number of halogens is 2. The van der Waals surface area contributed by atoms with Gasteiger partial charge in [-0.25, -0.2) is 8.91 Å². The third-order valence-corrected chi connectivity index (χ3v) is 4.41. The number of carbonyl (C=O) groups is 1. The number of benzene rings is 1. The van der Waals surface area contributed by atoms with E-state index in [4.69, 9.17) is 21.1 Å². The standard InChI is InChI=1S/C17H14ClFN4O3/c1-9-14-12(3-2-11(19)15(14)18)25-7-5-20-17(24)10-8-21-23-6-4-13(26-9)22-16(10)23/h2-4,6,8-9H,5,7H2,1H3,(H,20,24)/t9-/m1/s1. The molecule has 134 valence electrons. The second-order valence-corrected chi connectivity index (χ2v) is 6.11. The molecule has 3 aromatic rings. The van der Waals surface area contributed by atoms with Crippen molar-refractivity contribution in [1.82, 2.24) is 19.9 Å². The van der Waals surface area contributed by atoms with Crippen LogP contribution in [-0.2, 0) is 0 Å². The number of hydrogen-bond donors (Lipinski definition) is 1. The zero-order valence-corrected chi connectivity index (χ0v) is 14.5. The van der Waals surface area contributed by atoms with Crippen molar-refractivity contribution >= 4 is 23.2 Å². The van der Waals surface area contributed by atoms with Gasteiger partial charge in [-0.2, -0.15) is 10.1 Å². The lowest BCUT2D eigenvalue weighted by atomic mass is 10.1. The molecule has 0 spiro atoms. The van der Waals surface area contributed by atoms with E-state index in [0.29, 0.717) is 22.5 Å². The highest BCUT2D eigenvalue weighted by molar-refractivity contribution is 6.31. The number of amides is 1. The van der Waals surface area contributed by atoms with Crippen LogP contribution in [-0.4, -0.2) is 33.7 Å². The van der Waals surface area contributed by atoms with E-state index in [1.54, 1.807) is 19.2 Å². The molecule has 1 atom stereocenters. The van der Waals surface area contributed by atoms with E-state index in [1.807, 2.05) is 0 Å². The van der Waals surface area contributed by atoms with Crippen LogP contribution in [0.25, 0.3) is 5.65 Å². The van der Waals surface area contributed by atoms with Crippen LogP contribution in [0.4, 0.5) is 4.39 Å². The summed E-state index contributed by atoms with van der Waals surface area (Å²) in [6, 6.07) is 4.32. The van der Waals surface area contributed by atoms with Gasteiger partial charge < -0.3 is 14.8 Å². The summed E-state index contributed by atoms with van der Waals surface area (Å²) in [5, 5.41) is 6.77. The molecule has 2 aromatic heterocycles. The van der Waals surface area contributed by atoms with E-state index < -0.39 is 11.9 Å². The summed E-state index contributed by atoms with van der Waals surface area (Å²) in [5.74, 6) is -0.243. The Morgan fingerprint density at radius 1 is 1.38 bits per heavy atom. The highest BCUT2D eigenvalue weighted by atomic mass is 35.5. The second kappa shape index (κ2) is 6.45. The number of fused-ring (bicyclic) bond motifs is 2. The van der Waals surface area contributed by atoms with Gasteiger partial charge in [0.05, 0.1) is 23.3 Å². The maximum atomic E-state index is 13.9. The van der Waals surface area contributed by atoms with E-state index in [-0.39, 0.29) is 30.0 Å². The third kappa shape index (κ3) is 2.82. The number of nitrogens with one attached hydrogen (secondary N) is 1. The van der Waals surface area contributed by atoms with E-state index in [0.717, 1.165) is 0 Å². The Balaban J connectivity index is 1.82. The maximum absolute atomic E-state index is 13.9. The zero-order chi connectivity index (χ0) is 18.3. The molecule has 1 aliphatic rings. The fourth-order valence-corrected chi connectivity index (χ4v) is 3.10. The van der Waals surface area contributed by atoms with Crippen molar-refractivity contribution in [3.63, 3.8) is 0 Å². The molecule has 9 heteroatoms. The van der Waals surface area contributed by atoms with Gasteiger partial charge in [0, 0.05) is 12.3 Å². The number of hydrogen-bond acceptors (Lipinski definition) is 5. The van der Waals surface area contributed by atoms with Gasteiger partial charge in [0.2, 0.25) is 5.88 Å². The van der Waals surface area contributed by atoms with Crippen LogP contribution in [0, 0.1) is 5.82 Å². The Morgan fingerprint density at radius 2 is 2.23 bits per heavy atom. The fourth-order valence-electron chi connectivity index (χ4n) is 2.79. The summed E-state index contributed by atoms with van der Waals surface area (Å²) in [5.41, 5.74) is 1.06. The summed E-state index contributed by atoms with van der Waals surface area (Å²) in [6.07, 6.45) is 2.44. The molecule has 4 rings (SSSR count). The Hall–Kier alpha value is -2.87. The fraction of sp³-hybridized carbons (Fsp3) is 0.235. The average Bonchev–Trinajstić information content (AvgIpc) is 3.04. The molecule has 0 saturated heterocycles. The number of aromatic nitrogens is 3. The number of carbonyl (C=O) groups excluding carboxylic acids is 1. The highest BCUT2D eigenvalue weighted by Gasteiger charge is 2.22. The van der Waals surface area contributed by atoms with Crippen molar-refractivity contribution in [3.8, 4) is 11.6 Å². The Labute approximate surface area is 152 Å². The molecular formula is C17H14ClFN4O3. The van der Waals surface area contributed by atoms with Crippen molar-refractivity contribution in [2.75, 3.05) is 13.2 Å². The van der Waals surface area contributed by atoms with Crippen molar-refractivity contribution in [2.45, 2.75) is 13.0 Å². The molecule has 7 nitrogen and oxygen atoms in total. The van der Waals surface area contributed by atoms with Gasteiger partial charge in [-0.3, -0.25) is 4.79 Å². The molecule has 1 amide bonds. The van der Waals surface area contributed by atoms with Crippen LogP contribution in [0.15, 0.2) is 30.6 Å². The first-order valence-electron chi connectivity index (χ1n) is 7.94. The van der Waals surface area contributed by atoms with Gasteiger partial charge in [0.15, 0.2) is 5.65 Å². The summed E-state index contributed by atoms with van der Waals surface area (Å²) < 4.78 is 26.9. The van der Waals surface area contributed by atoms with Gasteiger partial charge in [-0.1, -0.05) is 11.6 Å². The lowest BCUT2D eigenvalue weighted by Gasteiger charge is -2.19. The minimum absolute atomic E-state index is 0.0694. The van der Waals surface area contributed by atoms with Crippen LogP contribution in [0.5, 0.6) is 11.6 Å². The molecule has 0 aliphatic carbocycles. The van der Waals surface area contributed by atoms with Gasteiger partial charge >= 0.3 is 0 Å². The van der Waals surface area contributed by atoms with Crippen LogP contribution in [0.3, 0.4) is 0 Å². The van der Waals surface area contributed by atoms with E-state index in [2.05, 4.69) is 15.4 Å². The summed E-state index contributed by atoms with van der Waals surface area (Å²) in [7, 11) is 0. The van der Waals surface area contributed by atoms with Crippen molar-refractivity contribution in [3.05, 3.63) is 52.6 Å². The minimum Gasteiger partial charge on any atom is -0.491 e. The lowest BCUT2D eigenvalue weighted by Crippen LogP contribution is -2.28. The van der Waals surface area contributed by atoms with Gasteiger partial charge in [0.1, 0.15) is 29.8 Å². The average molecular weight is 377 g/mol. The summed E-state index contributed by atoms with van der Waals surface area (Å²) in [6.45, 7) is 2.15.